The third-order valence-corrected chi connectivity index (χ3v) is 18.5. The van der Waals surface area contributed by atoms with Gasteiger partial charge in [0.1, 0.15) is 12.7 Å². The normalized spacial score (nSPS) is 29.8. The zero-order valence-corrected chi connectivity index (χ0v) is 45.4. The number of nitrogens with zero attached hydrogens (tertiary/aromatic N) is 1. The Labute approximate surface area is 402 Å². The van der Waals surface area contributed by atoms with E-state index in [4.69, 9.17) is 14.2 Å². The fourth-order valence-electron chi connectivity index (χ4n) is 14.4. The fourth-order valence-corrected chi connectivity index (χ4v) is 14.4. The second kappa shape index (κ2) is 24.8. The minimum atomic E-state index is -0.678. The van der Waals surface area contributed by atoms with Crippen LogP contribution >= 0.6 is 0 Å². The smallest absolute Gasteiger partial charge is 0.312 e. The average Bonchev–Trinajstić information content (AvgIpc) is 3.59. The first-order valence-corrected chi connectivity index (χ1v) is 27.5. The molecule has 0 aromatic heterocycles. The molecule has 11 unspecified atom stereocenters. The van der Waals surface area contributed by atoms with E-state index in [1.165, 1.54) is 64.2 Å². The minimum absolute atomic E-state index is 0.0591. The molecule has 65 heavy (non-hydrogen) atoms. The van der Waals surface area contributed by atoms with Crippen molar-refractivity contribution in [3.63, 3.8) is 0 Å². The topological polar surface area (TPSA) is 65.1 Å². The van der Waals surface area contributed by atoms with Gasteiger partial charge in [0.2, 0.25) is 0 Å². The predicted molar refractivity (Wildman–Crippen MR) is 274 cm³/mol. The van der Waals surface area contributed by atoms with Crippen molar-refractivity contribution in [3.8, 4) is 0 Å². The molecule has 0 heterocycles. The number of hydrogen-bond donors (Lipinski definition) is 0. The standard InChI is InChI=1S/C59H105NO5/c1-16-56(10,42-57(11,17-2)54(62)64-39-23-34-55(8,9)41-44(5)6)52(65-53(61)27-22-37-60(14)15)26-19-18-20-38-63-47-32-35-58(12)46(40-47)28-29-48-50-31-30-49(45(7)25-21-24-43(3)4)59(50,13)36-33-51(48)58/h23,28,34,43-45,47-52H,16-22,24-27,29-33,35-42H2,1-15H3. The molecule has 0 amide bonds. The van der Waals surface area contributed by atoms with Crippen molar-refractivity contribution in [2.75, 3.05) is 33.9 Å². The first kappa shape index (κ1) is 55.9. The lowest BCUT2D eigenvalue weighted by atomic mass is 9.47. The Morgan fingerprint density at radius 2 is 1.58 bits per heavy atom. The number of hydrogen-bond acceptors (Lipinski definition) is 6. The molecule has 0 N–H and O–H groups in total. The van der Waals surface area contributed by atoms with Crippen LogP contribution in [0.5, 0.6) is 0 Å². The molecule has 3 saturated carbocycles. The van der Waals surface area contributed by atoms with E-state index < -0.39 is 5.41 Å². The Morgan fingerprint density at radius 1 is 0.846 bits per heavy atom. The van der Waals surface area contributed by atoms with Crippen molar-refractivity contribution in [2.24, 2.45) is 68.5 Å². The summed E-state index contributed by atoms with van der Waals surface area (Å²) in [7, 11) is 4.08. The van der Waals surface area contributed by atoms with Gasteiger partial charge in [-0.3, -0.25) is 9.59 Å². The van der Waals surface area contributed by atoms with Crippen molar-refractivity contribution in [3.05, 3.63) is 23.8 Å². The first-order valence-electron chi connectivity index (χ1n) is 27.5. The maximum Gasteiger partial charge on any atom is 0.312 e. The minimum Gasteiger partial charge on any atom is -0.462 e. The lowest BCUT2D eigenvalue weighted by Crippen LogP contribution is -2.51. The summed E-state index contributed by atoms with van der Waals surface area (Å²) in [5.41, 5.74) is 1.62. The van der Waals surface area contributed by atoms with Gasteiger partial charge in [-0.05, 0) is 188 Å². The van der Waals surface area contributed by atoms with E-state index in [2.05, 4.69) is 100 Å². The lowest BCUT2D eigenvalue weighted by molar-refractivity contribution is -0.164. The molecule has 0 spiro atoms. The van der Waals surface area contributed by atoms with Crippen molar-refractivity contribution >= 4 is 11.9 Å². The van der Waals surface area contributed by atoms with Crippen LogP contribution in [0, 0.1) is 68.5 Å². The average molecular weight is 908 g/mol. The molecule has 376 valence electrons. The number of rotatable bonds is 28. The summed E-state index contributed by atoms with van der Waals surface area (Å²) in [5, 5.41) is 0. The summed E-state index contributed by atoms with van der Waals surface area (Å²) >= 11 is 0. The van der Waals surface area contributed by atoms with Gasteiger partial charge in [0, 0.05) is 18.4 Å². The molecule has 4 rings (SSSR count). The highest BCUT2D eigenvalue weighted by Gasteiger charge is 2.59. The molecular weight excluding hydrogens is 803 g/mol. The number of carbonyl (C=O) groups excluding carboxylic acids is 2. The molecular formula is C59H105NO5. The largest absolute Gasteiger partial charge is 0.462 e. The third kappa shape index (κ3) is 15.2. The van der Waals surface area contributed by atoms with E-state index in [0.29, 0.717) is 42.1 Å². The van der Waals surface area contributed by atoms with E-state index in [1.807, 2.05) is 27.1 Å². The number of ether oxygens (including phenoxy) is 3. The van der Waals surface area contributed by atoms with Gasteiger partial charge in [-0.15, -0.1) is 0 Å². The second-order valence-corrected chi connectivity index (χ2v) is 25.4. The van der Waals surface area contributed by atoms with Crippen LogP contribution < -0.4 is 0 Å². The molecule has 0 aliphatic heterocycles. The summed E-state index contributed by atoms with van der Waals surface area (Å²) in [5.74, 6) is 5.53. The molecule has 0 saturated heterocycles. The van der Waals surface area contributed by atoms with E-state index in [0.717, 1.165) is 100 Å². The summed E-state index contributed by atoms with van der Waals surface area (Å²) in [6, 6.07) is 0. The molecule has 0 aromatic rings. The van der Waals surface area contributed by atoms with Gasteiger partial charge in [0.25, 0.3) is 0 Å². The monoisotopic (exact) mass is 908 g/mol. The van der Waals surface area contributed by atoms with Crippen LogP contribution in [0.4, 0.5) is 0 Å². The maximum absolute atomic E-state index is 13.8. The molecule has 6 heteroatoms. The Kier molecular flexibility index (Phi) is 21.3. The quantitative estimate of drug-likeness (QED) is 0.0443. The lowest BCUT2D eigenvalue weighted by Gasteiger charge is -2.58. The zero-order chi connectivity index (χ0) is 48.2. The summed E-state index contributed by atoms with van der Waals surface area (Å²) < 4.78 is 19.1. The number of fused-ring (bicyclic) bond motifs is 5. The van der Waals surface area contributed by atoms with Crippen molar-refractivity contribution in [1.29, 1.82) is 0 Å². The molecule has 0 aromatic carbocycles. The molecule has 3 fully saturated rings. The van der Waals surface area contributed by atoms with Crippen LogP contribution in [0.15, 0.2) is 23.8 Å². The van der Waals surface area contributed by atoms with Crippen molar-refractivity contribution < 1.29 is 23.8 Å². The van der Waals surface area contributed by atoms with Crippen LogP contribution in [-0.2, 0) is 23.8 Å². The number of allylic oxidation sites excluding steroid dienone is 2. The Hall–Kier alpha value is -1.66. The highest BCUT2D eigenvalue weighted by Crippen LogP contribution is 2.67. The van der Waals surface area contributed by atoms with Crippen LogP contribution in [0.25, 0.3) is 0 Å². The van der Waals surface area contributed by atoms with E-state index in [9.17, 15) is 9.59 Å². The molecule has 0 radical (unpaired) electrons. The highest BCUT2D eigenvalue weighted by atomic mass is 16.5. The number of esters is 2. The van der Waals surface area contributed by atoms with Gasteiger partial charge < -0.3 is 19.1 Å². The maximum atomic E-state index is 13.8. The van der Waals surface area contributed by atoms with E-state index >= 15 is 0 Å². The first-order chi connectivity index (χ1) is 30.5. The van der Waals surface area contributed by atoms with Gasteiger partial charge in [0.15, 0.2) is 0 Å². The van der Waals surface area contributed by atoms with Crippen LogP contribution in [0.3, 0.4) is 0 Å². The van der Waals surface area contributed by atoms with Gasteiger partial charge >= 0.3 is 11.9 Å². The molecule has 4 aliphatic carbocycles. The SMILES string of the molecule is CCC(C)(CC(C)(CC)C(CCCCCOC1CCC2(C)C(=CCC3C2CCC2(C)C(C(C)CCCC(C)C)CCC32)C1)OC(=O)CCCN(C)C)C(=O)OCC=CC(C)(C)CC(C)C. The Bertz CT molecular complexity index is 1530. The van der Waals surface area contributed by atoms with Crippen LogP contribution in [0.1, 0.15) is 225 Å². The Morgan fingerprint density at radius 3 is 2.25 bits per heavy atom. The fraction of sp³-hybridized carbons (Fsp3) is 0.898. The number of carbonyl (C=O) groups is 2. The van der Waals surface area contributed by atoms with Crippen molar-refractivity contribution in [2.45, 2.75) is 237 Å². The Balaban J connectivity index is 1.31. The summed E-state index contributed by atoms with van der Waals surface area (Å²) in [6.45, 7) is 32.1. The highest BCUT2D eigenvalue weighted by molar-refractivity contribution is 5.76. The zero-order valence-electron chi connectivity index (χ0n) is 45.4. The van der Waals surface area contributed by atoms with Crippen molar-refractivity contribution in [1.82, 2.24) is 4.90 Å². The van der Waals surface area contributed by atoms with Gasteiger partial charge in [-0.1, -0.05) is 133 Å². The van der Waals surface area contributed by atoms with Gasteiger partial charge in [-0.2, -0.15) is 0 Å². The van der Waals surface area contributed by atoms with E-state index in [-0.39, 0.29) is 35.5 Å². The summed E-state index contributed by atoms with van der Waals surface area (Å²) in [4.78, 5) is 29.3. The predicted octanol–water partition coefficient (Wildman–Crippen LogP) is 15.6. The second-order valence-electron chi connectivity index (χ2n) is 25.4. The van der Waals surface area contributed by atoms with Gasteiger partial charge in [-0.25, -0.2) is 0 Å². The van der Waals surface area contributed by atoms with Crippen LogP contribution in [0.2, 0.25) is 0 Å². The van der Waals surface area contributed by atoms with Crippen LogP contribution in [-0.4, -0.2) is 62.9 Å². The number of unbranched alkanes of at least 4 members (excludes halogenated alkanes) is 2. The molecule has 6 nitrogen and oxygen atoms in total. The summed E-state index contributed by atoms with van der Waals surface area (Å²) in [6.07, 6.45) is 30.0. The molecule has 4 aliphatic rings. The molecule has 11 atom stereocenters. The molecule has 0 bridgehead atoms. The van der Waals surface area contributed by atoms with E-state index in [1.54, 1.807) is 5.57 Å². The van der Waals surface area contributed by atoms with Gasteiger partial charge in [0.05, 0.1) is 11.5 Å². The third-order valence-electron chi connectivity index (χ3n) is 18.5.